The Balaban J connectivity index is 2.38. The van der Waals surface area contributed by atoms with Crippen LogP contribution in [-0.2, 0) is 14.3 Å². The van der Waals surface area contributed by atoms with Crippen LogP contribution >= 0.6 is 0 Å². The average molecular weight is 293 g/mol. The number of aliphatic hydroxyl groups excluding tert-OH is 2. The Bertz CT molecular complexity index is 472. The predicted octanol–water partition coefficient (Wildman–Crippen LogP) is -1.62. The van der Waals surface area contributed by atoms with Gasteiger partial charge >= 0.3 is 0 Å². The summed E-state index contributed by atoms with van der Waals surface area (Å²) < 4.78 is 31.8. The zero-order valence-electron chi connectivity index (χ0n) is 10.2. The van der Waals surface area contributed by atoms with Crippen molar-refractivity contribution >= 4 is 11.7 Å². The fourth-order valence-corrected chi connectivity index (χ4v) is 2.18. The van der Waals surface area contributed by atoms with Crippen LogP contribution in [0.25, 0.3) is 0 Å². The third kappa shape index (κ3) is 2.03. The lowest BCUT2D eigenvalue weighted by Crippen LogP contribution is -2.58. The van der Waals surface area contributed by atoms with Crippen molar-refractivity contribution in [3.8, 4) is 0 Å². The smallest absolute Gasteiger partial charge is 0.263 e. The van der Waals surface area contributed by atoms with Gasteiger partial charge in [-0.05, 0) is 6.08 Å². The van der Waals surface area contributed by atoms with E-state index in [1.807, 2.05) is 0 Å². The number of allylic oxidation sites excluding steroid dienone is 1. The topological polar surface area (TPSA) is 107 Å². The standard InChI is InChI=1S/C11H13F2NO6/c12-4-10(19)8(18)11(13,5-15)20-9(10)14-2-1-6(16)3-7(14)17/h1-2,8-9,15,18-19H,3-5H2/t8-,9+,10+,11+/m0/s1. The highest BCUT2D eigenvalue weighted by atomic mass is 19.2. The number of carbonyl (C=O) groups is 2. The second-order valence-corrected chi connectivity index (χ2v) is 4.70. The van der Waals surface area contributed by atoms with Crippen molar-refractivity contribution in [1.29, 1.82) is 0 Å². The number of rotatable bonds is 3. The van der Waals surface area contributed by atoms with Crippen LogP contribution in [0.4, 0.5) is 8.78 Å². The molecule has 1 amide bonds. The molecule has 0 radical (unpaired) electrons. The van der Waals surface area contributed by atoms with Gasteiger partial charge in [-0.2, -0.15) is 0 Å². The van der Waals surface area contributed by atoms with Crippen molar-refractivity contribution in [1.82, 2.24) is 4.90 Å². The molecule has 4 atom stereocenters. The third-order valence-corrected chi connectivity index (χ3v) is 3.33. The molecule has 9 heteroatoms. The molecule has 0 spiro atoms. The number of ketones is 1. The predicted molar refractivity (Wildman–Crippen MR) is 58.3 cm³/mol. The van der Waals surface area contributed by atoms with Gasteiger partial charge in [-0.25, -0.2) is 8.78 Å². The number of aliphatic hydroxyl groups is 3. The Labute approximate surface area is 112 Å². The minimum absolute atomic E-state index is 0.512. The van der Waals surface area contributed by atoms with Crippen molar-refractivity contribution in [2.24, 2.45) is 0 Å². The fourth-order valence-electron chi connectivity index (χ4n) is 2.18. The minimum Gasteiger partial charge on any atom is -0.390 e. The number of hydrogen-bond acceptors (Lipinski definition) is 6. The van der Waals surface area contributed by atoms with Gasteiger partial charge < -0.3 is 20.1 Å². The van der Waals surface area contributed by atoms with Crippen molar-refractivity contribution in [2.45, 2.75) is 30.2 Å². The fraction of sp³-hybridized carbons (Fsp3) is 0.636. The van der Waals surface area contributed by atoms with Crippen LogP contribution in [0.3, 0.4) is 0 Å². The molecule has 0 aromatic rings. The van der Waals surface area contributed by atoms with Crippen LogP contribution in [0, 0.1) is 0 Å². The Hall–Kier alpha value is -1.42. The molecule has 20 heavy (non-hydrogen) atoms. The van der Waals surface area contributed by atoms with Gasteiger partial charge in [0.15, 0.2) is 23.7 Å². The zero-order valence-corrected chi connectivity index (χ0v) is 10.2. The number of nitrogens with zero attached hydrogens (tertiary/aromatic N) is 1. The zero-order chi connectivity index (χ0) is 15.1. The van der Waals surface area contributed by atoms with E-state index in [9.17, 15) is 28.6 Å². The van der Waals surface area contributed by atoms with E-state index in [0.29, 0.717) is 4.90 Å². The van der Waals surface area contributed by atoms with Crippen LogP contribution in [0.15, 0.2) is 12.3 Å². The van der Waals surface area contributed by atoms with E-state index in [-0.39, 0.29) is 0 Å². The summed E-state index contributed by atoms with van der Waals surface area (Å²) in [6, 6.07) is 0. The first-order valence-corrected chi connectivity index (χ1v) is 5.74. The van der Waals surface area contributed by atoms with Gasteiger partial charge in [0.1, 0.15) is 13.3 Å². The Morgan fingerprint density at radius 1 is 1.50 bits per heavy atom. The van der Waals surface area contributed by atoms with Gasteiger partial charge in [0.25, 0.3) is 5.85 Å². The molecule has 0 bridgehead atoms. The highest BCUT2D eigenvalue weighted by Crippen LogP contribution is 2.42. The second-order valence-electron chi connectivity index (χ2n) is 4.70. The molecular weight excluding hydrogens is 280 g/mol. The number of hydrogen-bond donors (Lipinski definition) is 3. The SMILES string of the molecule is O=C1C=CN([C@@H]2O[C@](F)(CO)[C@@H](O)[C@]2(O)CF)C(=O)C1. The van der Waals surface area contributed by atoms with E-state index in [2.05, 4.69) is 4.74 Å². The molecule has 2 aliphatic rings. The van der Waals surface area contributed by atoms with Crippen LogP contribution in [0.1, 0.15) is 6.42 Å². The largest absolute Gasteiger partial charge is 0.390 e. The van der Waals surface area contributed by atoms with E-state index in [4.69, 9.17) is 5.11 Å². The molecule has 0 aromatic carbocycles. The van der Waals surface area contributed by atoms with Crippen molar-refractivity contribution < 1.29 is 38.4 Å². The second kappa shape index (κ2) is 4.85. The number of amides is 1. The molecule has 7 nitrogen and oxygen atoms in total. The number of alkyl halides is 2. The lowest BCUT2D eigenvalue weighted by molar-refractivity contribution is -0.213. The summed E-state index contributed by atoms with van der Waals surface area (Å²) in [5, 5.41) is 28.5. The molecule has 1 saturated heterocycles. The molecule has 2 heterocycles. The summed E-state index contributed by atoms with van der Waals surface area (Å²) in [4.78, 5) is 23.3. The van der Waals surface area contributed by atoms with Gasteiger partial charge in [0.05, 0.1) is 6.42 Å². The van der Waals surface area contributed by atoms with Crippen LogP contribution in [0.2, 0.25) is 0 Å². The Kier molecular flexibility index (Phi) is 3.63. The van der Waals surface area contributed by atoms with Gasteiger partial charge in [-0.3, -0.25) is 14.5 Å². The van der Waals surface area contributed by atoms with E-state index >= 15 is 0 Å². The lowest BCUT2D eigenvalue weighted by atomic mass is 9.93. The highest BCUT2D eigenvalue weighted by molar-refractivity contribution is 6.06. The summed E-state index contributed by atoms with van der Waals surface area (Å²) in [6.07, 6.45) is -2.94. The molecule has 0 unspecified atom stereocenters. The van der Waals surface area contributed by atoms with E-state index < -0.39 is 55.2 Å². The first-order chi connectivity index (χ1) is 9.28. The first-order valence-electron chi connectivity index (χ1n) is 5.74. The van der Waals surface area contributed by atoms with Crippen molar-refractivity contribution in [2.75, 3.05) is 13.3 Å². The average Bonchev–Trinajstić information content (AvgIpc) is 2.62. The van der Waals surface area contributed by atoms with E-state index in [1.54, 1.807) is 0 Å². The summed E-state index contributed by atoms with van der Waals surface area (Å²) in [7, 11) is 0. The number of halogens is 2. The van der Waals surface area contributed by atoms with Crippen molar-refractivity contribution in [3.63, 3.8) is 0 Å². The van der Waals surface area contributed by atoms with Gasteiger partial charge in [0.2, 0.25) is 5.91 Å². The maximum Gasteiger partial charge on any atom is 0.263 e. The van der Waals surface area contributed by atoms with Crippen molar-refractivity contribution in [3.05, 3.63) is 12.3 Å². The minimum atomic E-state index is -3.11. The van der Waals surface area contributed by atoms with Crippen LogP contribution < -0.4 is 0 Å². The Morgan fingerprint density at radius 3 is 2.65 bits per heavy atom. The maximum atomic E-state index is 14.0. The molecular formula is C11H13F2NO6. The maximum absolute atomic E-state index is 14.0. The quantitative estimate of drug-likeness (QED) is 0.540. The van der Waals surface area contributed by atoms with Gasteiger partial charge in [-0.15, -0.1) is 0 Å². The molecule has 2 aliphatic heterocycles. The molecule has 1 fully saturated rings. The highest BCUT2D eigenvalue weighted by Gasteiger charge is 2.66. The molecule has 0 aromatic heterocycles. The lowest BCUT2D eigenvalue weighted by Gasteiger charge is -2.34. The Morgan fingerprint density at radius 2 is 2.15 bits per heavy atom. The first kappa shape index (κ1) is 15.0. The van der Waals surface area contributed by atoms with Crippen LogP contribution in [0.5, 0.6) is 0 Å². The normalized spacial score (nSPS) is 41.5. The monoisotopic (exact) mass is 293 g/mol. The molecule has 2 rings (SSSR count). The number of carbonyl (C=O) groups excluding carboxylic acids is 2. The van der Waals surface area contributed by atoms with Crippen LogP contribution in [-0.4, -0.2) is 69.0 Å². The summed E-state index contributed by atoms with van der Waals surface area (Å²) >= 11 is 0. The number of ether oxygens (including phenoxy) is 1. The summed E-state index contributed by atoms with van der Waals surface area (Å²) in [5.41, 5.74) is -2.75. The molecule has 0 aliphatic carbocycles. The van der Waals surface area contributed by atoms with Gasteiger partial charge in [-0.1, -0.05) is 0 Å². The van der Waals surface area contributed by atoms with E-state index in [1.165, 1.54) is 0 Å². The summed E-state index contributed by atoms with van der Waals surface area (Å²) in [5.74, 6) is -4.47. The third-order valence-electron chi connectivity index (χ3n) is 3.33. The summed E-state index contributed by atoms with van der Waals surface area (Å²) in [6.45, 7) is -2.95. The molecule has 0 saturated carbocycles. The molecule has 3 N–H and O–H groups in total. The van der Waals surface area contributed by atoms with E-state index in [0.717, 1.165) is 12.3 Å². The molecule has 112 valence electrons. The van der Waals surface area contributed by atoms with Gasteiger partial charge in [0, 0.05) is 6.20 Å².